The Bertz CT molecular complexity index is 147. The van der Waals surface area contributed by atoms with Crippen LogP contribution < -0.4 is 0 Å². The second-order valence-corrected chi connectivity index (χ2v) is 3.11. The summed E-state index contributed by atoms with van der Waals surface area (Å²) in [4.78, 5) is 0. The fraction of sp³-hybridized carbons (Fsp3) is 0.875. The summed E-state index contributed by atoms with van der Waals surface area (Å²) in [5.41, 5.74) is 0. The highest BCUT2D eigenvalue weighted by Gasteiger charge is 2.28. The molecule has 0 aromatic rings. The standard InChI is InChI=1S/C8H13F2N/c1-7(2)6-8(9,10)4-3-5-11/h7H,3-4,6H2,1-2H3. The SMILES string of the molecule is CC(C)CC(F)(F)CCC#N. The van der Waals surface area contributed by atoms with Crippen LogP contribution in [0.25, 0.3) is 0 Å². The summed E-state index contributed by atoms with van der Waals surface area (Å²) >= 11 is 0. The van der Waals surface area contributed by atoms with Gasteiger partial charge in [0.1, 0.15) is 0 Å². The van der Waals surface area contributed by atoms with Gasteiger partial charge in [0.15, 0.2) is 0 Å². The van der Waals surface area contributed by atoms with E-state index in [1.165, 1.54) is 0 Å². The Kier molecular flexibility index (Phi) is 4.02. The van der Waals surface area contributed by atoms with E-state index in [-0.39, 0.29) is 25.2 Å². The van der Waals surface area contributed by atoms with E-state index in [1.807, 2.05) is 0 Å². The third-order valence-electron chi connectivity index (χ3n) is 1.31. The van der Waals surface area contributed by atoms with Crippen LogP contribution in [0.1, 0.15) is 33.1 Å². The minimum atomic E-state index is -2.65. The number of rotatable bonds is 4. The molecule has 3 heteroatoms. The van der Waals surface area contributed by atoms with E-state index < -0.39 is 5.92 Å². The van der Waals surface area contributed by atoms with Crippen molar-refractivity contribution in [3.8, 4) is 6.07 Å². The monoisotopic (exact) mass is 161 g/mol. The third-order valence-corrected chi connectivity index (χ3v) is 1.31. The van der Waals surface area contributed by atoms with Crippen molar-refractivity contribution < 1.29 is 8.78 Å². The average Bonchev–Trinajstić information content (AvgIpc) is 1.81. The van der Waals surface area contributed by atoms with Crippen molar-refractivity contribution >= 4 is 0 Å². The van der Waals surface area contributed by atoms with Gasteiger partial charge in [0, 0.05) is 19.3 Å². The molecule has 0 aromatic heterocycles. The number of nitrogens with zero attached hydrogens (tertiary/aromatic N) is 1. The maximum atomic E-state index is 12.7. The predicted molar refractivity (Wildman–Crippen MR) is 39.2 cm³/mol. The first kappa shape index (κ1) is 10.3. The van der Waals surface area contributed by atoms with Gasteiger partial charge in [-0.1, -0.05) is 13.8 Å². The van der Waals surface area contributed by atoms with E-state index in [2.05, 4.69) is 0 Å². The molecule has 0 saturated carbocycles. The van der Waals surface area contributed by atoms with Gasteiger partial charge < -0.3 is 0 Å². The lowest BCUT2D eigenvalue weighted by Gasteiger charge is -2.16. The molecule has 0 aromatic carbocycles. The summed E-state index contributed by atoms with van der Waals surface area (Å²) in [6.07, 6.45) is -0.476. The lowest BCUT2D eigenvalue weighted by atomic mass is 10.0. The number of hydrogen-bond acceptors (Lipinski definition) is 1. The van der Waals surface area contributed by atoms with Crippen LogP contribution in [0.15, 0.2) is 0 Å². The van der Waals surface area contributed by atoms with E-state index in [0.29, 0.717) is 0 Å². The quantitative estimate of drug-likeness (QED) is 0.621. The molecule has 0 unspecified atom stereocenters. The van der Waals surface area contributed by atoms with Gasteiger partial charge in [0.25, 0.3) is 0 Å². The van der Waals surface area contributed by atoms with E-state index >= 15 is 0 Å². The molecule has 0 aliphatic heterocycles. The summed E-state index contributed by atoms with van der Waals surface area (Å²) < 4.78 is 25.4. The molecule has 0 N–H and O–H groups in total. The zero-order valence-electron chi connectivity index (χ0n) is 6.90. The van der Waals surface area contributed by atoms with E-state index in [9.17, 15) is 8.78 Å². The Balaban J connectivity index is 3.72. The molecule has 11 heavy (non-hydrogen) atoms. The second-order valence-electron chi connectivity index (χ2n) is 3.11. The molecule has 0 bridgehead atoms. The first-order valence-corrected chi connectivity index (χ1v) is 3.73. The van der Waals surface area contributed by atoms with Crippen molar-refractivity contribution in [2.75, 3.05) is 0 Å². The summed E-state index contributed by atoms with van der Waals surface area (Å²) in [5.74, 6) is -2.66. The number of nitriles is 1. The van der Waals surface area contributed by atoms with Crippen LogP contribution in [0.5, 0.6) is 0 Å². The normalized spacial score (nSPS) is 11.6. The summed E-state index contributed by atoms with van der Waals surface area (Å²) in [6.45, 7) is 3.50. The summed E-state index contributed by atoms with van der Waals surface area (Å²) in [5, 5.41) is 8.08. The van der Waals surface area contributed by atoms with E-state index in [0.717, 1.165) is 0 Å². The smallest absolute Gasteiger partial charge is 0.207 e. The molecule has 0 aliphatic carbocycles. The van der Waals surface area contributed by atoms with Gasteiger partial charge in [-0.2, -0.15) is 5.26 Å². The van der Waals surface area contributed by atoms with Gasteiger partial charge >= 0.3 is 0 Å². The Morgan fingerprint density at radius 2 is 2.00 bits per heavy atom. The minimum Gasteiger partial charge on any atom is -0.207 e. The highest BCUT2D eigenvalue weighted by molar-refractivity contribution is 4.76. The Morgan fingerprint density at radius 3 is 2.36 bits per heavy atom. The second kappa shape index (κ2) is 4.27. The van der Waals surface area contributed by atoms with Gasteiger partial charge in [-0.25, -0.2) is 8.78 Å². The van der Waals surface area contributed by atoms with E-state index in [1.54, 1.807) is 19.9 Å². The lowest BCUT2D eigenvalue weighted by Crippen LogP contribution is -2.18. The molecular formula is C8H13F2N. The Labute approximate surface area is 66.0 Å². The first-order chi connectivity index (χ1) is 4.98. The number of hydrogen-bond donors (Lipinski definition) is 0. The molecule has 0 rings (SSSR count). The molecule has 0 aliphatic rings. The van der Waals surface area contributed by atoms with Gasteiger partial charge in [-0.05, 0) is 5.92 Å². The lowest BCUT2D eigenvalue weighted by molar-refractivity contribution is -0.0256. The fourth-order valence-electron chi connectivity index (χ4n) is 0.938. The van der Waals surface area contributed by atoms with Crippen LogP contribution in [0, 0.1) is 17.2 Å². The first-order valence-electron chi connectivity index (χ1n) is 3.73. The van der Waals surface area contributed by atoms with Gasteiger partial charge in [-0.3, -0.25) is 0 Å². The van der Waals surface area contributed by atoms with Crippen molar-refractivity contribution in [1.29, 1.82) is 5.26 Å². The van der Waals surface area contributed by atoms with Crippen LogP contribution in [-0.4, -0.2) is 5.92 Å². The predicted octanol–water partition coefficient (Wildman–Crippen LogP) is 2.97. The molecule has 0 amide bonds. The molecule has 0 saturated heterocycles. The van der Waals surface area contributed by atoms with Crippen LogP contribution in [0.2, 0.25) is 0 Å². The van der Waals surface area contributed by atoms with Crippen molar-refractivity contribution in [3.05, 3.63) is 0 Å². The molecule has 0 heterocycles. The highest BCUT2D eigenvalue weighted by Crippen LogP contribution is 2.27. The van der Waals surface area contributed by atoms with Gasteiger partial charge in [-0.15, -0.1) is 0 Å². The van der Waals surface area contributed by atoms with Crippen LogP contribution in [0.3, 0.4) is 0 Å². The molecule has 1 nitrogen and oxygen atoms in total. The average molecular weight is 161 g/mol. The number of alkyl halides is 2. The van der Waals surface area contributed by atoms with Crippen molar-refractivity contribution in [1.82, 2.24) is 0 Å². The largest absolute Gasteiger partial charge is 0.249 e. The van der Waals surface area contributed by atoms with Crippen LogP contribution in [-0.2, 0) is 0 Å². The van der Waals surface area contributed by atoms with Crippen molar-refractivity contribution in [3.63, 3.8) is 0 Å². The molecular weight excluding hydrogens is 148 g/mol. The summed E-state index contributed by atoms with van der Waals surface area (Å²) in [6, 6.07) is 1.72. The minimum absolute atomic E-state index is 0.0105. The topological polar surface area (TPSA) is 23.8 Å². The zero-order chi connectivity index (χ0) is 8.91. The van der Waals surface area contributed by atoms with Gasteiger partial charge in [0.2, 0.25) is 5.92 Å². The maximum absolute atomic E-state index is 12.7. The van der Waals surface area contributed by atoms with Crippen LogP contribution >= 0.6 is 0 Å². The maximum Gasteiger partial charge on any atom is 0.249 e. The van der Waals surface area contributed by atoms with Crippen molar-refractivity contribution in [2.24, 2.45) is 5.92 Å². The molecule has 0 radical (unpaired) electrons. The zero-order valence-corrected chi connectivity index (χ0v) is 6.90. The molecule has 0 fully saturated rings. The van der Waals surface area contributed by atoms with Crippen LogP contribution in [0.4, 0.5) is 8.78 Å². The molecule has 0 spiro atoms. The van der Waals surface area contributed by atoms with Crippen molar-refractivity contribution in [2.45, 2.75) is 39.0 Å². The highest BCUT2D eigenvalue weighted by atomic mass is 19.3. The Morgan fingerprint density at radius 1 is 1.45 bits per heavy atom. The number of halogens is 2. The van der Waals surface area contributed by atoms with E-state index in [4.69, 9.17) is 5.26 Å². The molecule has 0 atom stereocenters. The third kappa shape index (κ3) is 5.78. The Hall–Kier alpha value is -0.650. The summed E-state index contributed by atoms with van der Waals surface area (Å²) in [7, 11) is 0. The fourth-order valence-corrected chi connectivity index (χ4v) is 0.938. The molecule has 64 valence electrons. The van der Waals surface area contributed by atoms with Gasteiger partial charge in [0.05, 0.1) is 6.07 Å².